The molecule has 0 fully saturated rings. The van der Waals surface area contributed by atoms with Gasteiger partial charge in [-0.25, -0.2) is 4.39 Å². The minimum atomic E-state index is -0.563. The van der Waals surface area contributed by atoms with Crippen LogP contribution in [0.5, 0.6) is 5.75 Å². The smallest absolute Gasteiger partial charge is 0.224 e. The van der Waals surface area contributed by atoms with Gasteiger partial charge in [0.25, 0.3) is 0 Å². The van der Waals surface area contributed by atoms with E-state index in [0.717, 1.165) is 11.1 Å². The third-order valence-electron chi connectivity index (χ3n) is 3.89. The number of hydrogen-bond acceptors (Lipinski definition) is 3. The summed E-state index contributed by atoms with van der Waals surface area (Å²) in [6.45, 7) is 0.126. The minimum Gasteiger partial charge on any atom is -0.496 e. The first-order valence-corrected chi connectivity index (χ1v) is 7.92. The van der Waals surface area contributed by atoms with E-state index >= 15 is 0 Å². The van der Waals surface area contributed by atoms with Crippen LogP contribution < -0.4 is 15.8 Å². The molecule has 0 radical (unpaired) electrons. The second-order valence-electron chi connectivity index (χ2n) is 5.72. The van der Waals surface area contributed by atoms with E-state index < -0.39 is 11.8 Å². The van der Waals surface area contributed by atoms with Crippen molar-refractivity contribution in [1.29, 1.82) is 0 Å². The Hall–Kier alpha value is -2.89. The third-order valence-corrected chi connectivity index (χ3v) is 3.89. The summed E-state index contributed by atoms with van der Waals surface area (Å²) in [5.41, 5.74) is 6.96. The molecule has 0 bridgehead atoms. The molecular formula is C19H21FN2O3. The van der Waals surface area contributed by atoms with Gasteiger partial charge in [-0.1, -0.05) is 30.3 Å². The molecule has 0 aliphatic heterocycles. The fourth-order valence-corrected chi connectivity index (χ4v) is 2.50. The van der Waals surface area contributed by atoms with Crippen LogP contribution in [0.1, 0.15) is 11.1 Å². The predicted octanol–water partition coefficient (Wildman–Crippen LogP) is 1.84. The Balaban J connectivity index is 1.93. The second kappa shape index (κ2) is 8.82. The monoisotopic (exact) mass is 344 g/mol. The van der Waals surface area contributed by atoms with Gasteiger partial charge in [0.2, 0.25) is 11.8 Å². The SMILES string of the molecule is COc1ccccc1CC(=O)NC[C@@H](Cc1ccc(F)cc1)C(N)=O. The van der Waals surface area contributed by atoms with Crippen molar-refractivity contribution in [2.75, 3.05) is 13.7 Å². The number of rotatable bonds is 8. The number of para-hydroxylation sites is 1. The third kappa shape index (κ3) is 5.60. The molecule has 2 amide bonds. The highest BCUT2D eigenvalue weighted by atomic mass is 19.1. The van der Waals surface area contributed by atoms with E-state index in [-0.39, 0.29) is 24.7 Å². The van der Waals surface area contributed by atoms with Crippen LogP contribution in [0.2, 0.25) is 0 Å². The van der Waals surface area contributed by atoms with Crippen molar-refractivity contribution >= 4 is 11.8 Å². The lowest BCUT2D eigenvalue weighted by Crippen LogP contribution is -2.37. The number of carbonyl (C=O) groups excluding carboxylic acids is 2. The topological polar surface area (TPSA) is 81.4 Å². The molecule has 0 spiro atoms. The highest BCUT2D eigenvalue weighted by Gasteiger charge is 2.18. The van der Waals surface area contributed by atoms with Gasteiger partial charge >= 0.3 is 0 Å². The van der Waals surface area contributed by atoms with E-state index in [2.05, 4.69) is 5.32 Å². The molecule has 1 atom stereocenters. The van der Waals surface area contributed by atoms with E-state index in [1.165, 1.54) is 12.1 Å². The van der Waals surface area contributed by atoms with Crippen LogP contribution in [0.25, 0.3) is 0 Å². The summed E-state index contributed by atoms with van der Waals surface area (Å²) in [5.74, 6) is -1.01. The zero-order valence-electron chi connectivity index (χ0n) is 14.0. The largest absolute Gasteiger partial charge is 0.496 e. The van der Waals surface area contributed by atoms with Crippen molar-refractivity contribution < 1.29 is 18.7 Å². The minimum absolute atomic E-state index is 0.126. The maximum atomic E-state index is 12.9. The second-order valence-corrected chi connectivity index (χ2v) is 5.72. The highest BCUT2D eigenvalue weighted by molar-refractivity contribution is 5.81. The van der Waals surface area contributed by atoms with Crippen molar-refractivity contribution in [3.8, 4) is 5.75 Å². The first-order chi connectivity index (χ1) is 12.0. The Morgan fingerprint density at radius 1 is 1.16 bits per heavy atom. The van der Waals surface area contributed by atoms with Gasteiger partial charge in [-0.15, -0.1) is 0 Å². The molecule has 6 heteroatoms. The Labute approximate surface area is 146 Å². The number of benzene rings is 2. The summed E-state index contributed by atoms with van der Waals surface area (Å²) >= 11 is 0. The zero-order valence-corrected chi connectivity index (χ0v) is 14.0. The van der Waals surface area contributed by atoms with Crippen molar-refractivity contribution in [3.63, 3.8) is 0 Å². The lowest BCUT2D eigenvalue weighted by atomic mass is 9.98. The van der Waals surface area contributed by atoms with Crippen LogP contribution in [-0.2, 0) is 22.4 Å². The summed E-state index contributed by atoms with van der Waals surface area (Å²) in [4.78, 5) is 23.8. The standard InChI is InChI=1S/C19H21FN2O3/c1-25-17-5-3-2-4-14(17)11-18(23)22-12-15(19(21)24)10-13-6-8-16(20)9-7-13/h2-9,15H,10-12H2,1H3,(H2,21,24)(H,22,23)/t15-/m1/s1. The van der Waals surface area contributed by atoms with Crippen LogP contribution >= 0.6 is 0 Å². The summed E-state index contributed by atoms with van der Waals surface area (Å²) in [5, 5.41) is 2.73. The number of nitrogens with one attached hydrogen (secondary N) is 1. The van der Waals surface area contributed by atoms with Crippen LogP contribution in [0, 0.1) is 11.7 Å². The number of carbonyl (C=O) groups is 2. The molecule has 0 saturated heterocycles. The van der Waals surface area contributed by atoms with Gasteiger partial charge in [0.15, 0.2) is 0 Å². The molecule has 0 saturated carbocycles. The van der Waals surface area contributed by atoms with Crippen LogP contribution in [0.15, 0.2) is 48.5 Å². The van der Waals surface area contributed by atoms with Crippen LogP contribution in [-0.4, -0.2) is 25.5 Å². The van der Waals surface area contributed by atoms with Crippen molar-refractivity contribution in [2.45, 2.75) is 12.8 Å². The Bertz CT molecular complexity index is 732. The number of methoxy groups -OCH3 is 1. The molecular weight excluding hydrogens is 323 g/mol. The van der Waals surface area contributed by atoms with E-state index in [1.54, 1.807) is 25.3 Å². The molecule has 0 heterocycles. The molecule has 5 nitrogen and oxygen atoms in total. The molecule has 2 rings (SSSR count). The van der Waals surface area contributed by atoms with Crippen molar-refractivity contribution in [2.24, 2.45) is 11.7 Å². The van der Waals surface area contributed by atoms with Gasteiger partial charge in [0.05, 0.1) is 19.4 Å². The zero-order chi connectivity index (χ0) is 18.2. The lowest BCUT2D eigenvalue weighted by molar-refractivity contribution is -0.123. The fraction of sp³-hybridized carbons (Fsp3) is 0.263. The quantitative estimate of drug-likeness (QED) is 0.767. The van der Waals surface area contributed by atoms with Crippen LogP contribution in [0.4, 0.5) is 4.39 Å². The van der Waals surface area contributed by atoms with Crippen molar-refractivity contribution in [1.82, 2.24) is 5.32 Å². The van der Waals surface area contributed by atoms with Gasteiger partial charge < -0.3 is 15.8 Å². The van der Waals surface area contributed by atoms with Gasteiger partial charge in [0, 0.05) is 12.1 Å². The molecule has 0 aliphatic carbocycles. The number of halogens is 1. The normalized spacial score (nSPS) is 11.6. The molecule has 0 aliphatic rings. The number of primary amides is 1. The molecule has 132 valence electrons. The van der Waals surface area contributed by atoms with E-state index in [1.807, 2.05) is 18.2 Å². The first kappa shape index (κ1) is 18.4. The highest BCUT2D eigenvalue weighted by Crippen LogP contribution is 2.17. The average Bonchev–Trinajstić information content (AvgIpc) is 2.60. The van der Waals surface area contributed by atoms with Crippen LogP contribution in [0.3, 0.4) is 0 Å². The number of nitrogens with two attached hydrogens (primary N) is 1. The number of ether oxygens (including phenoxy) is 1. The van der Waals surface area contributed by atoms with E-state index in [9.17, 15) is 14.0 Å². The molecule has 0 aromatic heterocycles. The Kier molecular flexibility index (Phi) is 6.51. The Morgan fingerprint density at radius 2 is 1.84 bits per heavy atom. The Morgan fingerprint density at radius 3 is 2.48 bits per heavy atom. The molecule has 0 unspecified atom stereocenters. The predicted molar refractivity (Wildman–Crippen MR) is 92.5 cm³/mol. The average molecular weight is 344 g/mol. The molecule has 2 aromatic carbocycles. The number of hydrogen-bond donors (Lipinski definition) is 2. The van der Waals surface area contributed by atoms with E-state index in [4.69, 9.17) is 10.5 Å². The first-order valence-electron chi connectivity index (χ1n) is 7.92. The van der Waals surface area contributed by atoms with Gasteiger partial charge in [-0.2, -0.15) is 0 Å². The summed E-state index contributed by atoms with van der Waals surface area (Å²) in [7, 11) is 1.54. The lowest BCUT2D eigenvalue weighted by Gasteiger charge is -2.15. The maximum absolute atomic E-state index is 12.9. The summed E-state index contributed by atoms with van der Waals surface area (Å²) < 4.78 is 18.2. The summed E-state index contributed by atoms with van der Waals surface area (Å²) in [6, 6.07) is 13.1. The summed E-state index contributed by atoms with van der Waals surface area (Å²) in [6.07, 6.45) is 0.483. The molecule has 2 aromatic rings. The number of amides is 2. The molecule has 3 N–H and O–H groups in total. The molecule has 25 heavy (non-hydrogen) atoms. The maximum Gasteiger partial charge on any atom is 0.224 e. The van der Waals surface area contributed by atoms with Gasteiger partial charge in [0.1, 0.15) is 11.6 Å². The van der Waals surface area contributed by atoms with Gasteiger partial charge in [-0.3, -0.25) is 9.59 Å². The fourth-order valence-electron chi connectivity index (χ4n) is 2.50. The van der Waals surface area contributed by atoms with E-state index in [0.29, 0.717) is 12.2 Å². The van der Waals surface area contributed by atoms with Crippen molar-refractivity contribution in [3.05, 3.63) is 65.5 Å². The van der Waals surface area contributed by atoms with Gasteiger partial charge in [-0.05, 0) is 30.2 Å².